The zero-order chi connectivity index (χ0) is 21.0. The summed E-state index contributed by atoms with van der Waals surface area (Å²) in [6.45, 7) is 0.764. The van der Waals surface area contributed by atoms with Gasteiger partial charge in [0.15, 0.2) is 0 Å². The number of halogens is 1. The number of rotatable bonds is 6. The molecule has 0 unspecified atom stereocenters. The Hall–Kier alpha value is -3.00. The number of benzene rings is 2. The van der Waals surface area contributed by atoms with Crippen LogP contribution in [0.2, 0.25) is 0 Å². The van der Waals surface area contributed by atoms with Gasteiger partial charge in [0, 0.05) is 18.3 Å². The van der Waals surface area contributed by atoms with E-state index < -0.39 is 21.7 Å². The number of anilines is 1. The number of hydrogen-bond donors (Lipinski definition) is 2. The van der Waals surface area contributed by atoms with Crippen LogP contribution in [-0.2, 0) is 14.8 Å². The Balaban J connectivity index is 1.88. The summed E-state index contributed by atoms with van der Waals surface area (Å²) in [6.07, 6.45) is 0.564. The molecule has 0 aromatic heterocycles. The van der Waals surface area contributed by atoms with Crippen LogP contribution in [0.25, 0.3) is 0 Å². The van der Waals surface area contributed by atoms with Crippen LogP contribution in [-0.4, -0.2) is 40.7 Å². The van der Waals surface area contributed by atoms with Crippen LogP contribution in [0.1, 0.15) is 22.3 Å². The number of carbonyl (C=O) groups excluding carboxylic acids is 1. The van der Waals surface area contributed by atoms with Gasteiger partial charge in [-0.1, -0.05) is 0 Å². The standard InChI is InChI=1S/C19H18FN3O5S/c1-27-18-5-3-15(29(25,26)23-14-6-7-28-11-14)9-16(18)19(24)22-13-2-4-17(20)12(8-13)10-21/h2-5,8-9,14,23H,6-7,11H2,1H3,(H,22,24)/t14-/m0/s1. The van der Waals surface area contributed by atoms with Crippen LogP contribution >= 0.6 is 0 Å². The van der Waals surface area contributed by atoms with E-state index >= 15 is 0 Å². The first-order valence-electron chi connectivity index (χ1n) is 8.63. The van der Waals surface area contributed by atoms with Crippen LogP contribution in [0.5, 0.6) is 5.75 Å². The van der Waals surface area contributed by atoms with Gasteiger partial charge in [-0.25, -0.2) is 17.5 Å². The average Bonchev–Trinajstić information content (AvgIpc) is 3.21. The number of nitriles is 1. The summed E-state index contributed by atoms with van der Waals surface area (Å²) in [7, 11) is -2.52. The summed E-state index contributed by atoms with van der Waals surface area (Å²) < 4.78 is 51.6. The molecule has 1 heterocycles. The fraction of sp³-hybridized carbons (Fsp3) is 0.263. The van der Waals surface area contributed by atoms with Crippen molar-refractivity contribution in [3.63, 3.8) is 0 Å². The third kappa shape index (κ3) is 4.71. The van der Waals surface area contributed by atoms with Gasteiger partial charge in [0.25, 0.3) is 5.91 Å². The van der Waals surface area contributed by atoms with Crippen molar-refractivity contribution in [3.05, 3.63) is 53.3 Å². The normalized spacial score (nSPS) is 16.2. The van der Waals surface area contributed by atoms with Crippen molar-refractivity contribution in [2.45, 2.75) is 17.4 Å². The second-order valence-electron chi connectivity index (χ2n) is 6.30. The number of methoxy groups -OCH3 is 1. The van der Waals surface area contributed by atoms with Crippen LogP contribution in [0, 0.1) is 17.1 Å². The third-order valence-corrected chi connectivity index (χ3v) is 5.84. The van der Waals surface area contributed by atoms with Crippen molar-refractivity contribution in [1.29, 1.82) is 5.26 Å². The topological polar surface area (TPSA) is 118 Å². The lowest BCUT2D eigenvalue weighted by Crippen LogP contribution is -2.35. The highest BCUT2D eigenvalue weighted by Gasteiger charge is 2.25. The van der Waals surface area contributed by atoms with Crippen LogP contribution in [0.3, 0.4) is 0 Å². The molecule has 1 fully saturated rings. The minimum atomic E-state index is -3.87. The largest absolute Gasteiger partial charge is 0.496 e. The molecular formula is C19H18FN3O5S. The Kier molecular flexibility index (Phi) is 6.12. The van der Waals surface area contributed by atoms with Gasteiger partial charge in [0.05, 0.1) is 29.7 Å². The highest BCUT2D eigenvalue weighted by atomic mass is 32.2. The lowest BCUT2D eigenvalue weighted by atomic mass is 10.1. The first kappa shape index (κ1) is 20.7. The molecule has 29 heavy (non-hydrogen) atoms. The summed E-state index contributed by atoms with van der Waals surface area (Å²) in [6, 6.07) is 8.79. The smallest absolute Gasteiger partial charge is 0.259 e. The van der Waals surface area contributed by atoms with E-state index in [0.29, 0.717) is 13.0 Å². The van der Waals surface area contributed by atoms with Crippen LogP contribution in [0.4, 0.5) is 10.1 Å². The quantitative estimate of drug-likeness (QED) is 0.740. The highest BCUT2D eigenvalue weighted by Crippen LogP contribution is 2.25. The molecule has 10 heteroatoms. The van der Waals surface area contributed by atoms with Gasteiger partial charge in [-0.05, 0) is 42.8 Å². The van der Waals surface area contributed by atoms with Crippen LogP contribution in [0.15, 0.2) is 41.3 Å². The average molecular weight is 419 g/mol. The minimum Gasteiger partial charge on any atom is -0.496 e. The Bertz CT molecular complexity index is 1080. The number of sulfonamides is 1. The molecule has 3 rings (SSSR count). The second-order valence-corrected chi connectivity index (χ2v) is 8.02. The van der Waals surface area contributed by atoms with Crippen LogP contribution < -0.4 is 14.8 Å². The van der Waals surface area contributed by atoms with Crippen molar-refractivity contribution in [2.75, 3.05) is 25.6 Å². The molecule has 1 amide bonds. The lowest BCUT2D eigenvalue weighted by molar-refractivity contribution is 0.102. The predicted octanol–water partition coefficient (Wildman–Crippen LogP) is 2.03. The van der Waals surface area contributed by atoms with E-state index in [1.54, 1.807) is 6.07 Å². The summed E-state index contributed by atoms with van der Waals surface area (Å²) >= 11 is 0. The summed E-state index contributed by atoms with van der Waals surface area (Å²) in [4.78, 5) is 12.6. The van der Waals surface area contributed by atoms with Gasteiger partial charge < -0.3 is 14.8 Å². The van der Waals surface area contributed by atoms with Gasteiger partial charge >= 0.3 is 0 Å². The molecule has 2 N–H and O–H groups in total. The Morgan fingerprint density at radius 3 is 2.76 bits per heavy atom. The fourth-order valence-corrected chi connectivity index (χ4v) is 4.11. The SMILES string of the molecule is COc1ccc(S(=O)(=O)N[C@H]2CCOC2)cc1C(=O)Nc1ccc(F)c(C#N)c1. The molecule has 1 atom stereocenters. The van der Waals surface area contributed by atoms with E-state index in [1.807, 2.05) is 0 Å². The molecule has 0 aliphatic carbocycles. The fourth-order valence-electron chi connectivity index (χ4n) is 2.83. The van der Waals surface area contributed by atoms with Crippen molar-refractivity contribution in [1.82, 2.24) is 4.72 Å². The Labute approximate surface area is 167 Å². The predicted molar refractivity (Wildman–Crippen MR) is 102 cm³/mol. The Morgan fingerprint density at radius 2 is 2.10 bits per heavy atom. The number of hydrogen-bond acceptors (Lipinski definition) is 6. The van der Waals surface area contributed by atoms with Crippen molar-refractivity contribution in [2.24, 2.45) is 0 Å². The molecule has 0 spiro atoms. The molecule has 2 aromatic carbocycles. The first-order chi connectivity index (χ1) is 13.8. The monoisotopic (exact) mass is 419 g/mol. The van der Waals surface area contributed by atoms with Gasteiger partial charge in [-0.2, -0.15) is 5.26 Å². The molecular weight excluding hydrogens is 401 g/mol. The number of ether oxygens (including phenoxy) is 2. The van der Waals surface area contributed by atoms with E-state index in [4.69, 9.17) is 14.7 Å². The maximum absolute atomic E-state index is 13.5. The first-order valence-corrected chi connectivity index (χ1v) is 10.1. The zero-order valence-corrected chi connectivity index (χ0v) is 16.3. The molecule has 1 aliphatic heterocycles. The van der Waals surface area contributed by atoms with Gasteiger partial charge in [-0.15, -0.1) is 0 Å². The molecule has 152 valence electrons. The molecule has 0 saturated carbocycles. The number of nitrogens with one attached hydrogen (secondary N) is 2. The highest BCUT2D eigenvalue weighted by molar-refractivity contribution is 7.89. The van der Waals surface area contributed by atoms with Crippen molar-refractivity contribution >= 4 is 21.6 Å². The third-order valence-electron chi connectivity index (χ3n) is 4.32. The summed E-state index contributed by atoms with van der Waals surface area (Å²) in [5.41, 5.74) is -0.0700. The van der Waals surface area contributed by atoms with E-state index in [0.717, 1.165) is 6.07 Å². The molecule has 0 radical (unpaired) electrons. The Morgan fingerprint density at radius 1 is 1.31 bits per heavy atom. The van der Waals surface area contributed by atoms with Gasteiger partial charge in [-0.3, -0.25) is 4.79 Å². The number of nitrogens with zero attached hydrogens (tertiary/aromatic N) is 1. The zero-order valence-electron chi connectivity index (χ0n) is 15.4. The summed E-state index contributed by atoms with van der Waals surface area (Å²) in [5.74, 6) is -1.22. The lowest BCUT2D eigenvalue weighted by Gasteiger charge is -2.14. The number of amides is 1. The molecule has 0 bridgehead atoms. The van der Waals surface area contributed by atoms with E-state index in [-0.39, 0.29) is 40.1 Å². The van der Waals surface area contributed by atoms with Crippen molar-refractivity contribution < 1.29 is 27.1 Å². The maximum atomic E-state index is 13.5. The number of carbonyl (C=O) groups is 1. The van der Waals surface area contributed by atoms with Gasteiger partial charge in [0.1, 0.15) is 17.6 Å². The molecule has 2 aromatic rings. The van der Waals surface area contributed by atoms with E-state index in [2.05, 4.69) is 10.0 Å². The van der Waals surface area contributed by atoms with Gasteiger partial charge in [0.2, 0.25) is 10.0 Å². The maximum Gasteiger partial charge on any atom is 0.259 e. The van der Waals surface area contributed by atoms with E-state index in [1.165, 1.54) is 37.4 Å². The van der Waals surface area contributed by atoms with E-state index in [9.17, 15) is 17.6 Å². The van der Waals surface area contributed by atoms with Crippen molar-refractivity contribution in [3.8, 4) is 11.8 Å². The summed E-state index contributed by atoms with van der Waals surface area (Å²) in [5, 5.41) is 11.4. The molecule has 8 nitrogen and oxygen atoms in total. The minimum absolute atomic E-state index is 0.0270. The second kappa shape index (κ2) is 8.57. The molecule has 1 aliphatic rings. The molecule has 1 saturated heterocycles.